The SMILES string of the molecule is C/C(=N/NC(=O)COc1ccccc1F)C12CC3CC(CC(C3)C1)C2. The molecule has 0 saturated heterocycles. The number of carbonyl (C=O) groups is 1. The van der Waals surface area contributed by atoms with Crippen LogP contribution in [0.5, 0.6) is 5.75 Å². The van der Waals surface area contributed by atoms with E-state index >= 15 is 0 Å². The fraction of sp³-hybridized carbons (Fsp3) is 0.600. The van der Waals surface area contributed by atoms with E-state index in [0.717, 1.165) is 23.5 Å². The Bertz CT molecular complexity index is 665. The van der Waals surface area contributed by atoms with Gasteiger partial charge >= 0.3 is 0 Å². The van der Waals surface area contributed by atoms with Gasteiger partial charge in [0.2, 0.25) is 0 Å². The second-order valence-electron chi connectivity index (χ2n) is 8.15. The van der Waals surface area contributed by atoms with Gasteiger partial charge < -0.3 is 4.74 Å². The summed E-state index contributed by atoms with van der Waals surface area (Å²) in [5, 5.41) is 4.39. The predicted octanol–water partition coefficient (Wildman–Crippen LogP) is 3.91. The molecule has 0 atom stereocenters. The summed E-state index contributed by atoms with van der Waals surface area (Å²) >= 11 is 0. The molecule has 0 radical (unpaired) electrons. The van der Waals surface area contributed by atoms with Crippen LogP contribution in [0.15, 0.2) is 29.4 Å². The monoisotopic (exact) mass is 344 g/mol. The van der Waals surface area contributed by atoms with Crippen molar-refractivity contribution in [3.8, 4) is 5.75 Å². The molecule has 0 unspecified atom stereocenters. The highest BCUT2D eigenvalue weighted by molar-refractivity contribution is 5.90. The van der Waals surface area contributed by atoms with Crippen molar-refractivity contribution < 1.29 is 13.9 Å². The second-order valence-corrected chi connectivity index (χ2v) is 8.15. The van der Waals surface area contributed by atoms with E-state index in [0.29, 0.717) is 0 Å². The minimum atomic E-state index is -0.469. The van der Waals surface area contributed by atoms with Crippen LogP contribution in [-0.2, 0) is 4.79 Å². The molecular weight excluding hydrogens is 319 g/mol. The van der Waals surface area contributed by atoms with Crippen molar-refractivity contribution in [2.75, 3.05) is 6.61 Å². The van der Waals surface area contributed by atoms with Crippen LogP contribution in [0.1, 0.15) is 45.4 Å². The maximum absolute atomic E-state index is 13.5. The number of nitrogens with zero attached hydrogens (tertiary/aromatic N) is 1. The molecule has 0 spiro atoms. The molecule has 4 aliphatic rings. The van der Waals surface area contributed by atoms with Gasteiger partial charge in [0, 0.05) is 11.1 Å². The lowest BCUT2D eigenvalue weighted by Gasteiger charge is -2.56. The van der Waals surface area contributed by atoms with Crippen LogP contribution in [0.25, 0.3) is 0 Å². The topological polar surface area (TPSA) is 50.7 Å². The van der Waals surface area contributed by atoms with E-state index in [1.807, 2.05) is 6.92 Å². The highest BCUT2D eigenvalue weighted by Crippen LogP contribution is 2.60. The fourth-order valence-corrected chi connectivity index (χ4v) is 5.56. The average Bonchev–Trinajstić information content (AvgIpc) is 2.57. The molecule has 1 amide bonds. The second kappa shape index (κ2) is 6.43. The van der Waals surface area contributed by atoms with Crippen molar-refractivity contribution in [1.29, 1.82) is 0 Å². The Morgan fingerprint density at radius 3 is 2.40 bits per heavy atom. The van der Waals surface area contributed by atoms with Crippen LogP contribution in [-0.4, -0.2) is 18.2 Å². The summed E-state index contributed by atoms with van der Waals surface area (Å²) < 4.78 is 18.7. The lowest BCUT2D eigenvalue weighted by Crippen LogP contribution is -2.49. The van der Waals surface area contributed by atoms with Gasteiger partial charge in [-0.2, -0.15) is 5.10 Å². The van der Waals surface area contributed by atoms with Crippen molar-refractivity contribution in [3.05, 3.63) is 30.1 Å². The normalized spacial score (nSPS) is 33.4. The van der Waals surface area contributed by atoms with Crippen LogP contribution < -0.4 is 10.2 Å². The molecule has 1 aromatic carbocycles. The van der Waals surface area contributed by atoms with Gasteiger partial charge in [0.25, 0.3) is 5.91 Å². The number of para-hydroxylation sites is 1. The lowest BCUT2D eigenvalue weighted by atomic mass is 9.48. The summed E-state index contributed by atoms with van der Waals surface area (Å²) in [5.41, 5.74) is 3.83. The van der Waals surface area contributed by atoms with E-state index in [4.69, 9.17) is 4.74 Å². The average molecular weight is 344 g/mol. The molecule has 4 nitrogen and oxygen atoms in total. The summed E-state index contributed by atoms with van der Waals surface area (Å²) in [4.78, 5) is 12.0. The Hall–Kier alpha value is -1.91. The van der Waals surface area contributed by atoms with Crippen molar-refractivity contribution in [1.82, 2.24) is 5.43 Å². The molecule has 5 rings (SSSR count). The first-order valence-corrected chi connectivity index (χ1v) is 9.25. The minimum Gasteiger partial charge on any atom is -0.481 e. The molecule has 1 N–H and O–H groups in total. The first-order valence-electron chi connectivity index (χ1n) is 9.25. The standard InChI is InChI=1S/C20H25FN2O2/c1-13(20-9-14-6-15(10-20)8-16(7-14)11-20)22-23-19(24)12-25-18-5-3-2-4-17(18)21/h2-5,14-16H,6-12H2,1H3,(H,23,24)/b22-13-. The number of ether oxygens (including phenoxy) is 1. The summed E-state index contributed by atoms with van der Waals surface area (Å²) in [6.07, 6.45) is 7.81. The molecular formula is C20H25FN2O2. The third kappa shape index (κ3) is 3.29. The molecule has 1 aromatic rings. The van der Waals surface area contributed by atoms with Crippen LogP contribution in [0.4, 0.5) is 4.39 Å². The number of nitrogens with one attached hydrogen (secondary N) is 1. The van der Waals surface area contributed by atoms with Gasteiger partial charge in [0.05, 0.1) is 0 Å². The van der Waals surface area contributed by atoms with E-state index in [2.05, 4.69) is 10.5 Å². The molecule has 4 aliphatic carbocycles. The third-order valence-electron chi connectivity index (χ3n) is 6.35. The quantitative estimate of drug-likeness (QED) is 0.650. The zero-order valence-electron chi connectivity index (χ0n) is 14.6. The smallest absolute Gasteiger partial charge is 0.277 e. The molecule has 134 valence electrons. The van der Waals surface area contributed by atoms with Gasteiger partial charge in [-0.1, -0.05) is 12.1 Å². The number of halogens is 1. The number of rotatable bonds is 5. The van der Waals surface area contributed by atoms with Gasteiger partial charge in [-0.05, 0) is 75.3 Å². The van der Waals surface area contributed by atoms with Crippen LogP contribution in [0.2, 0.25) is 0 Å². The number of hydrazone groups is 1. The van der Waals surface area contributed by atoms with Crippen LogP contribution >= 0.6 is 0 Å². The van der Waals surface area contributed by atoms with E-state index < -0.39 is 5.82 Å². The number of carbonyl (C=O) groups excluding carboxylic acids is 1. The molecule has 25 heavy (non-hydrogen) atoms. The zero-order chi connectivity index (χ0) is 17.4. The Kier molecular flexibility index (Phi) is 4.26. The number of benzene rings is 1. The van der Waals surface area contributed by atoms with E-state index in [1.54, 1.807) is 12.1 Å². The molecule has 4 saturated carbocycles. The summed E-state index contributed by atoms with van der Waals surface area (Å²) in [5.74, 6) is 1.79. The molecule has 0 aliphatic heterocycles. The van der Waals surface area contributed by atoms with Gasteiger partial charge in [-0.3, -0.25) is 4.79 Å². The highest BCUT2D eigenvalue weighted by atomic mass is 19.1. The summed E-state index contributed by atoms with van der Waals surface area (Å²) in [6, 6.07) is 6.07. The largest absolute Gasteiger partial charge is 0.481 e. The first kappa shape index (κ1) is 16.6. The number of amides is 1. The minimum absolute atomic E-state index is 0.0828. The predicted molar refractivity (Wildman–Crippen MR) is 93.8 cm³/mol. The first-order chi connectivity index (χ1) is 12.0. The molecule has 4 bridgehead atoms. The molecule has 4 fully saturated rings. The van der Waals surface area contributed by atoms with E-state index in [9.17, 15) is 9.18 Å². The number of hydrogen-bond acceptors (Lipinski definition) is 3. The van der Waals surface area contributed by atoms with E-state index in [1.165, 1.54) is 50.7 Å². The Balaban J connectivity index is 1.35. The van der Waals surface area contributed by atoms with Gasteiger partial charge in [0.1, 0.15) is 0 Å². The maximum Gasteiger partial charge on any atom is 0.277 e. The lowest BCUT2D eigenvalue weighted by molar-refractivity contribution is -0.123. The molecule has 5 heteroatoms. The maximum atomic E-state index is 13.5. The van der Waals surface area contributed by atoms with Crippen molar-refractivity contribution >= 4 is 11.6 Å². The molecule has 0 heterocycles. The number of hydrogen-bond donors (Lipinski definition) is 1. The zero-order valence-corrected chi connectivity index (χ0v) is 14.6. The third-order valence-corrected chi connectivity index (χ3v) is 6.35. The van der Waals surface area contributed by atoms with E-state index in [-0.39, 0.29) is 23.7 Å². The van der Waals surface area contributed by atoms with Crippen LogP contribution in [0, 0.1) is 29.0 Å². The van der Waals surface area contributed by atoms with Crippen molar-refractivity contribution in [3.63, 3.8) is 0 Å². The summed E-state index contributed by atoms with van der Waals surface area (Å²) in [6.45, 7) is 1.81. The van der Waals surface area contributed by atoms with Gasteiger partial charge in [0.15, 0.2) is 18.2 Å². The molecule has 0 aromatic heterocycles. The van der Waals surface area contributed by atoms with Gasteiger partial charge in [-0.25, -0.2) is 9.82 Å². The Morgan fingerprint density at radius 2 is 1.80 bits per heavy atom. The van der Waals surface area contributed by atoms with Crippen LogP contribution in [0.3, 0.4) is 0 Å². The van der Waals surface area contributed by atoms with Crippen molar-refractivity contribution in [2.45, 2.75) is 45.4 Å². The highest BCUT2D eigenvalue weighted by Gasteiger charge is 2.52. The Labute approximate surface area is 147 Å². The summed E-state index contributed by atoms with van der Waals surface area (Å²) in [7, 11) is 0. The Morgan fingerprint density at radius 1 is 1.20 bits per heavy atom. The van der Waals surface area contributed by atoms with Gasteiger partial charge in [-0.15, -0.1) is 0 Å². The fourth-order valence-electron chi connectivity index (χ4n) is 5.56. The van der Waals surface area contributed by atoms with Crippen molar-refractivity contribution in [2.24, 2.45) is 28.3 Å².